The third-order valence-corrected chi connectivity index (χ3v) is 3.41. The predicted octanol–water partition coefficient (Wildman–Crippen LogP) is 1.86. The lowest BCUT2D eigenvalue weighted by molar-refractivity contribution is -0.121. The number of amides is 1. The second kappa shape index (κ2) is 6.06. The molecule has 6 heteroatoms. The van der Waals surface area contributed by atoms with Crippen molar-refractivity contribution >= 4 is 33.5 Å². The topological polar surface area (TPSA) is 81.4 Å². The van der Waals surface area contributed by atoms with Gasteiger partial charge in [0.1, 0.15) is 6.61 Å². The fourth-order valence-electron chi connectivity index (χ4n) is 1.54. The van der Waals surface area contributed by atoms with Crippen LogP contribution in [-0.4, -0.2) is 24.5 Å². The van der Waals surface area contributed by atoms with Crippen LogP contribution in [0.1, 0.15) is 29.6 Å². The molecule has 1 amide bonds. The molecule has 3 N–H and O–H groups in total. The maximum Gasteiger partial charge on any atom is 0.339 e. The molecule has 1 aromatic rings. The fraction of sp³-hybridized carbons (Fsp3) is 0.385. The lowest BCUT2D eigenvalue weighted by Crippen LogP contribution is -2.26. The minimum Gasteiger partial charge on any atom is -0.462 e. The van der Waals surface area contributed by atoms with Gasteiger partial charge in [0.25, 0.3) is 0 Å². The van der Waals surface area contributed by atoms with E-state index in [-0.39, 0.29) is 18.9 Å². The summed E-state index contributed by atoms with van der Waals surface area (Å²) in [5.74, 6) is -0.569. The Morgan fingerprint density at radius 1 is 1.42 bits per heavy atom. The largest absolute Gasteiger partial charge is 0.462 e. The van der Waals surface area contributed by atoms with Gasteiger partial charge in [-0.05, 0) is 47.0 Å². The molecule has 0 aromatic heterocycles. The smallest absolute Gasteiger partial charge is 0.339 e. The standard InChI is InChI=1S/C13H15BrN2O3/c14-11-4-1-8(15)7-10(11)13(18)19-6-5-12(17)16-9-2-3-9/h1,4,7,9H,2-3,5-6,15H2,(H,16,17). The number of hydrogen-bond donors (Lipinski definition) is 2. The second-order valence-corrected chi connectivity index (χ2v) is 5.32. The number of hydrogen-bond acceptors (Lipinski definition) is 4. The van der Waals surface area contributed by atoms with E-state index in [0.717, 1.165) is 12.8 Å². The molecule has 0 heterocycles. The van der Waals surface area contributed by atoms with Crippen LogP contribution in [0.25, 0.3) is 0 Å². The molecular weight excluding hydrogens is 312 g/mol. The van der Waals surface area contributed by atoms with Crippen molar-refractivity contribution in [2.45, 2.75) is 25.3 Å². The van der Waals surface area contributed by atoms with E-state index in [9.17, 15) is 9.59 Å². The van der Waals surface area contributed by atoms with Crippen molar-refractivity contribution in [1.82, 2.24) is 5.32 Å². The van der Waals surface area contributed by atoms with Crippen LogP contribution in [0.2, 0.25) is 0 Å². The third-order valence-electron chi connectivity index (χ3n) is 2.72. The van der Waals surface area contributed by atoms with Crippen molar-refractivity contribution < 1.29 is 14.3 Å². The van der Waals surface area contributed by atoms with E-state index in [0.29, 0.717) is 21.8 Å². The molecule has 1 fully saturated rings. The van der Waals surface area contributed by atoms with Gasteiger partial charge in [-0.15, -0.1) is 0 Å². The quantitative estimate of drug-likeness (QED) is 0.639. The first-order valence-electron chi connectivity index (χ1n) is 6.08. The second-order valence-electron chi connectivity index (χ2n) is 4.47. The molecule has 0 saturated heterocycles. The van der Waals surface area contributed by atoms with Gasteiger partial charge in [0.15, 0.2) is 0 Å². The van der Waals surface area contributed by atoms with Crippen molar-refractivity contribution in [3.8, 4) is 0 Å². The lowest BCUT2D eigenvalue weighted by Gasteiger charge is -2.07. The Hall–Kier alpha value is -1.56. The van der Waals surface area contributed by atoms with Crippen LogP contribution in [-0.2, 0) is 9.53 Å². The highest BCUT2D eigenvalue weighted by Gasteiger charge is 2.23. The van der Waals surface area contributed by atoms with Crippen molar-refractivity contribution in [3.05, 3.63) is 28.2 Å². The summed E-state index contributed by atoms with van der Waals surface area (Å²) in [5, 5.41) is 2.83. The zero-order valence-corrected chi connectivity index (χ0v) is 11.9. The highest BCUT2D eigenvalue weighted by atomic mass is 79.9. The number of halogens is 1. The summed E-state index contributed by atoms with van der Waals surface area (Å²) in [6.45, 7) is 0.0681. The Labute approximate surface area is 119 Å². The highest BCUT2D eigenvalue weighted by Crippen LogP contribution is 2.20. The molecule has 0 aliphatic heterocycles. The molecule has 1 saturated carbocycles. The number of ether oxygens (including phenoxy) is 1. The van der Waals surface area contributed by atoms with Crippen molar-refractivity contribution in [1.29, 1.82) is 0 Å². The number of benzene rings is 1. The van der Waals surface area contributed by atoms with E-state index in [1.807, 2.05) is 0 Å². The van der Waals surface area contributed by atoms with E-state index in [4.69, 9.17) is 10.5 Å². The normalized spacial score (nSPS) is 13.9. The minimum atomic E-state index is -0.488. The Morgan fingerprint density at radius 2 is 2.16 bits per heavy atom. The maximum atomic E-state index is 11.8. The van der Waals surface area contributed by atoms with Gasteiger partial charge in [0, 0.05) is 16.2 Å². The first-order valence-corrected chi connectivity index (χ1v) is 6.87. The van der Waals surface area contributed by atoms with Crippen molar-refractivity contribution in [2.75, 3.05) is 12.3 Å². The number of carbonyl (C=O) groups is 2. The summed E-state index contributed by atoms with van der Waals surface area (Å²) in [6.07, 6.45) is 2.27. The molecule has 0 unspecified atom stereocenters. The van der Waals surface area contributed by atoms with E-state index in [2.05, 4.69) is 21.2 Å². The molecule has 5 nitrogen and oxygen atoms in total. The van der Waals surface area contributed by atoms with E-state index in [1.54, 1.807) is 12.1 Å². The molecule has 0 radical (unpaired) electrons. The van der Waals surface area contributed by atoms with Gasteiger partial charge >= 0.3 is 5.97 Å². The van der Waals surface area contributed by atoms with Crippen LogP contribution in [0.5, 0.6) is 0 Å². The summed E-state index contributed by atoms with van der Waals surface area (Å²) in [6, 6.07) is 5.23. The summed E-state index contributed by atoms with van der Waals surface area (Å²) >= 11 is 3.26. The van der Waals surface area contributed by atoms with Crippen LogP contribution >= 0.6 is 15.9 Å². The molecule has 1 aliphatic rings. The van der Waals surface area contributed by atoms with Crippen LogP contribution in [0.15, 0.2) is 22.7 Å². The first-order chi connectivity index (χ1) is 9.06. The van der Waals surface area contributed by atoms with Gasteiger partial charge in [-0.3, -0.25) is 4.79 Å². The number of esters is 1. The van der Waals surface area contributed by atoms with Crippen molar-refractivity contribution in [2.24, 2.45) is 0 Å². The summed E-state index contributed by atoms with van der Waals surface area (Å²) in [5.41, 5.74) is 6.46. The van der Waals surface area contributed by atoms with Gasteiger partial charge in [0.05, 0.1) is 12.0 Å². The lowest BCUT2D eigenvalue weighted by atomic mass is 10.2. The van der Waals surface area contributed by atoms with E-state index < -0.39 is 5.97 Å². The predicted molar refractivity (Wildman–Crippen MR) is 74.6 cm³/mol. The number of carbonyl (C=O) groups excluding carboxylic acids is 2. The minimum absolute atomic E-state index is 0.0681. The number of anilines is 1. The van der Waals surface area contributed by atoms with Crippen molar-refractivity contribution in [3.63, 3.8) is 0 Å². The van der Waals surface area contributed by atoms with Gasteiger partial charge < -0.3 is 15.8 Å². The average Bonchev–Trinajstić information content (AvgIpc) is 3.16. The van der Waals surface area contributed by atoms with E-state index in [1.165, 1.54) is 6.07 Å². The number of nitrogens with one attached hydrogen (secondary N) is 1. The first kappa shape index (κ1) is 13.9. The maximum absolute atomic E-state index is 11.8. The SMILES string of the molecule is Nc1ccc(Br)c(C(=O)OCCC(=O)NC2CC2)c1. The van der Waals surface area contributed by atoms with Gasteiger partial charge in [-0.25, -0.2) is 4.79 Å². The molecule has 19 heavy (non-hydrogen) atoms. The molecule has 1 aromatic carbocycles. The summed E-state index contributed by atoms with van der Waals surface area (Å²) in [7, 11) is 0. The molecule has 0 atom stereocenters. The van der Waals surface area contributed by atoms with Crippen LogP contribution in [0, 0.1) is 0 Å². The van der Waals surface area contributed by atoms with E-state index >= 15 is 0 Å². The molecule has 0 bridgehead atoms. The van der Waals surface area contributed by atoms with Gasteiger partial charge in [-0.1, -0.05) is 0 Å². The number of nitrogen functional groups attached to an aromatic ring is 1. The van der Waals surface area contributed by atoms with Gasteiger partial charge in [-0.2, -0.15) is 0 Å². The monoisotopic (exact) mass is 326 g/mol. The molecule has 102 valence electrons. The fourth-order valence-corrected chi connectivity index (χ4v) is 1.95. The summed E-state index contributed by atoms with van der Waals surface area (Å²) in [4.78, 5) is 23.2. The molecule has 1 aliphatic carbocycles. The van der Waals surface area contributed by atoms with Gasteiger partial charge in [0.2, 0.25) is 5.91 Å². The van der Waals surface area contributed by atoms with Crippen LogP contribution < -0.4 is 11.1 Å². The highest BCUT2D eigenvalue weighted by molar-refractivity contribution is 9.10. The Bertz CT molecular complexity index is 501. The number of rotatable bonds is 5. The zero-order chi connectivity index (χ0) is 13.8. The Kier molecular flexibility index (Phi) is 4.42. The number of nitrogens with two attached hydrogens (primary N) is 1. The van der Waals surface area contributed by atoms with Crippen LogP contribution in [0.3, 0.4) is 0 Å². The Morgan fingerprint density at radius 3 is 2.84 bits per heavy atom. The van der Waals surface area contributed by atoms with Crippen LogP contribution in [0.4, 0.5) is 5.69 Å². The molecule has 2 rings (SSSR count). The average molecular weight is 327 g/mol. The molecule has 0 spiro atoms. The zero-order valence-electron chi connectivity index (χ0n) is 10.3. The third kappa shape index (κ3) is 4.24. The summed E-state index contributed by atoms with van der Waals surface area (Å²) < 4.78 is 5.67. The Balaban J connectivity index is 1.80. The molecular formula is C13H15BrN2O3.